The first-order chi connectivity index (χ1) is 12.7. The average Bonchev–Trinajstić information content (AvgIpc) is 2.68. The van der Waals surface area contributed by atoms with Crippen LogP contribution in [0.15, 0.2) is 24.1 Å². The van der Waals surface area contributed by atoms with Crippen molar-refractivity contribution in [3.8, 4) is 6.07 Å². The molecule has 2 aliphatic rings. The first-order valence-electron chi connectivity index (χ1n) is 10.8. The lowest BCUT2D eigenvalue weighted by Crippen LogP contribution is -2.25. The summed E-state index contributed by atoms with van der Waals surface area (Å²) < 4.78 is 19.0. The minimum Gasteiger partial charge on any atom is -0.378 e. The van der Waals surface area contributed by atoms with Gasteiger partial charge in [0.15, 0.2) is 5.83 Å². The highest BCUT2D eigenvalue weighted by atomic mass is 19.1. The van der Waals surface area contributed by atoms with Gasteiger partial charge in [-0.05, 0) is 62.4 Å². The van der Waals surface area contributed by atoms with Crippen molar-refractivity contribution in [2.24, 2.45) is 17.8 Å². The Morgan fingerprint density at radius 2 is 1.73 bits per heavy atom. The molecule has 0 amide bonds. The molecule has 0 aromatic heterocycles. The lowest BCUT2D eigenvalue weighted by Gasteiger charge is -2.31. The van der Waals surface area contributed by atoms with E-state index < -0.39 is 5.83 Å². The van der Waals surface area contributed by atoms with Crippen LogP contribution in [0.5, 0.6) is 0 Å². The summed E-state index contributed by atoms with van der Waals surface area (Å²) >= 11 is 0. The molecule has 2 aliphatic carbocycles. The number of nitrogens with zero attached hydrogens (tertiary/aromatic N) is 1. The van der Waals surface area contributed by atoms with E-state index in [0.29, 0.717) is 12.0 Å². The Bertz CT molecular complexity index is 477. The van der Waals surface area contributed by atoms with Crippen LogP contribution in [-0.2, 0) is 4.74 Å². The molecule has 2 fully saturated rings. The molecule has 0 saturated heterocycles. The van der Waals surface area contributed by atoms with E-state index >= 15 is 0 Å². The normalized spacial score (nSPS) is 30.4. The summed E-state index contributed by atoms with van der Waals surface area (Å²) in [5.74, 6) is 1.52. The van der Waals surface area contributed by atoms with Crippen LogP contribution in [0.4, 0.5) is 4.39 Å². The van der Waals surface area contributed by atoms with Gasteiger partial charge in [0.05, 0.1) is 6.10 Å². The van der Waals surface area contributed by atoms with Gasteiger partial charge < -0.3 is 4.74 Å². The highest BCUT2D eigenvalue weighted by Crippen LogP contribution is 2.33. The van der Waals surface area contributed by atoms with Crippen LogP contribution in [0, 0.1) is 29.1 Å². The Morgan fingerprint density at radius 1 is 1.04 bits per heavy atom. The van der Waals surface area contributed by atoms with E-state index in [-0.39, 0.29) is 0 Å². The fourth-order valence-electron chi connectivity index (χ4n) is 4.42. The van der Waals surface area contributed by atoms with E-state index in [2.05, 4.69) is 6.92 Å². The Hall–Kier alpha value is -1.14. The van der Waals surface area contributed by atoms with Crippen molar-refractivity contribution < 1.29 is 9.13 Å². The van der Waals surface area contributed by atoms with Gasteiger partial charge >= 0.3 is 0 Å². The highest BCUT2D eigenvalue weighted by molar-refractivity contribution is 5.19. The van der Waals surface area contributed by atoms with Gasteiger partial charge in [0, 0.05) is 6.61 Å². The van der Waals surface area contributed by atoms with Crippen molar-refractivity contribution in [2.75, 3.05) is 6.61 Å². The van der Waals surface area contributed by atoms with E-state index in [1.165, 1.54) is 63.5 Å². The first kappa shape index (κ1) is 21.2. The van der Waals surface area contributed by atoms with Gasteiger partial charge in [-0.25, -0.2) is 0 Å². The molecule has 0 aliphatic heterocycles. The number of unbranched alkanes of at least 4 members (excludes halogenated alkanes) is 2. The molecule has 0 aromatic rings. The maximum Gasteiger partial charge on any atom is 0.199 e. The van der Waals surface area contributed by atoms with Crippen molar-refractivity contribution >= 4 is 0 Å². The van der Waals surface area contributed by atoms with E-state index in [4.69, 9.17) is 10.00 Å². The summed E-state index contributed by atoms with van der Waals surface area (Å²) in [5, 5.41) is 8.39. The van der Waals surface area contributed by atoms with Crippen molar-refractivity contribution in [1.82, 2.24) is 0 Å². The van der Waals surface area contributed by atoms with Gasteiger partial charge in [0.2, 0.25) is 0 Å². The summed E-state index contributed by atoms with van der Waals surface area (Å²) in [5.41, 5.74) is 0. The van der Waals surface area contributed by atoms with Gasteiger partial charge in [0.25, 0.3) is 0 Å². The SMILES string of the molecule is CCCCC[C@H]1CC[C@H](CO[C@H]2CC[C@H](/C=C/C=C(\F)C#N)CC2)CC1. The van der Waals surface area contributed by atoms with Crippen molar-refractivity contribution in [3.05, 3.63) is 24.1 Å². The Labute approximate surface area is 159 Å². The summed E-state index contributed by atoms with van der Waals surface area (Å²) in [7, 11) is 0. The maximum absolute atomic E-state index is 12.8. The topological polar surface area (TPSA) is 33.0 Å². The van der Waals surface area contributed by atoms with Crippen LogP contribution in [0.25, 0.3) is 0 Å². The lowest BCUT2D eigenvalue weighted by molar-refractivity contribution is -0.00663. The molecule has 2 rings (SSSR count). The van der Waals surface area contributed by atoms with Gasteiger partial charge in [-0.2, -0.15) is 9.65 Å². The van der Waals surface area contributed by atoms with Gasteiger partial charge in [0.1, 0.15) is 6.07 Å². The molecular formula is C23H36FNO. The van der Waals surface area contributed by atoms with Gasteiger partial charge in [-0.1, -0.05) is 57.6 Å². The van der Waals surface area contributed by atoms with Crippen LogP contribution in [0.2, 0.25) is 0 Å². The minimum atomic E-state index is -0.724. The monoisotopic (exact) mass is 361 g/mol. The molecule has 0 radical (unpaired) electrons. The molecule has 26 heavy (non-hydrogen) atoms. The smallest absolute Gasteiger partial charge is 0.199 e. The number of hydrogen-bond acceptors (Lipinski definition) is 2. The van der Waals surface area contributed by atoms with Gasteiger partial charge in [-0.15, -0.1) is 0 Å². The predicted octanol–water partition coefficient (Wildman–Crippen LogP) is 6.88. The molecule has 2 saturated carbocycles. The zero-order valence-electron chi connectivity index (χ0n) is 16.5. The Kier molecular flexibility index (Phi) is 10.00. The molecular weight excluding hydrogens is 325 g/mol. The highest BCUT2D eigenvalue weighted by Gasteiger charge is 2.24. The molecule has 0 heterocycles. The molecule has 0 aromatic carbocycles. The van der Waals surface area contributed by atoms with Crippen LogP contribution in [0.3, 0.4) is 0 Å². The third kappa shape index (κ3) is 8.04. The van der Waals surface area contributed by atoms with E-state index in [9.17, 15) is 4.39 Å². The summed E-state index contributed by atoms with van der Waals surface area (Å²) in [6.07, 6.45) is 20.9. The molecule has 0 bridgehead atoms. The molecule has 0 atom stereocenters. The maximum atomic E-state index is 12.8. The van der Waals surface area contributed by atoms with Crippen LogP contribution >= 0.6 is 0 Å². The largest absolute Gasteiger partial charge is 0.378 e. The Balaban J connectivity index is 1.56. The summed E-state index contributed by atoms with van der Waals surface area (Å²) in [6.45, 7) is 3.23. The van der Waals surface area contributed by atoms with Crippen LogP contribution in [0.1, 0.15) is 84.0 Å². The molecule has 0 N–H and O–H groups in total. The van der Waals surface area contributed by atoms with E-state index in [1.54, 1.807) is 6.08 Å². The average molecular weight is 362 g/mol. The molecule has 0 spiro atoms. The van der Waals surface area contributed by atoms with Crippen molar-refractivity contribution in [1.29, 1.82) is 5.26 Å². The van der Waals surface area contributed by atoms with E-state index in [1.807, 2.05) is 6.08 Å². The number of rotatable bonds is 9. The number of hydrogen-bond donors (Lipinski definition) is 0. The fourth-order valence-corrected chi connectivity index (χ4v) is 4.42. The van der Waals surface area contributed by atoms with Gasteiger partial charge in [-0.3, -0.25) is 0 Å². The number of halogens is 1. The molecule has 146 valence electrons. The van der Waals surface area contributed by atoms with Crippen LogP contribution in [-0.4, -0.2) is 12.7 Å². The number of allylic oxidation sites excluding steroid dienone is 4. The number of nitriles is 1. The van der Waals surface area contributed by atoms with Crippen molar-refractivity contribution in [3.63, 3.8) is 0 Å². The number of ether oxygens (including phenoxy) is 1. The fraction of sp³-hybridized carbons (Fsp3) is 0.783. The minimum absolute atomic E-state index is 0.410. The molecule has 3 heteroatoms. The second-order valence-corrected chi connectivity index (χ2v) is 8.26. The quantitative estimate of drug-likeness (QED) is 0.255. The predicted molar refractivity (Wildman–Crippen MR) is 105 cm³/mol. The van der Waals surface area contributed by atoms with Crippen LogP contribution < -0.4 is 0 Å². The third-order valence-electron chi connectivity index (χ3n) is 6.20. The van der Waals surface area contributed by atoms with Crippen molar-refractivity contribution in [2.45, 2.75) is 90.1 Å². The van der Waals surface area contributed by atoms with E-state index in [0.717, 1.165) is 44.1 Å². The standard InChI is InChI=1S/C23H36FNO/c1-2-3-4-6-19-9-11-21(12-10-19)18-26-23-15-13-20(14-16-23)7-5-8-22(24)17-25/h5,7-8,19-21,23H,2-4,6,9-16,18H2,1H3/b7-5+,22-8-/t19-,20-,21-,23-. The summed E-state index contributed by atoms with van der Waals surface area (Å²) in [4.78, 5) is 0. The Morgan fingerprint density at radius 3 is 2.38 bits per heavy atom. The third-order valence-corrected chi connectivity index (χ3v) is 6.20. The second kappa shape index (κ2) is 12.3. The zero-order chi connectivity index (χ0) is 18.6. The lowest BCUT2D eigenvalue weighted by atomic mass is 9.80. The molecule has 2 nitrogen and oxygen atoms in total. The molecule has 0 unspecified atom stereocenters. The first-order valence-corrected chi connectivity index (χ1v) is 10.8. The zero-order valence-corrected chi connectivity index (χ0v) is 16.5. The summed E-state index contributed by atoms with van der Waals surface area (Å²) in [6, 6.07) is 1.50. The second-order valence-electron chi connectivity index (χ2n) is 8.26.